The molecule has 5 heterocycles. The third-order valence-corrected chi connectivity index (χ3v) is 8.54. The monoisotopic (exact) mass is 472 g/mol. The van der Waals surface area contributed by atoms with Crippen molar-refractivity contribution < 1.29 is 5.11 Å². The summed E-state index contributed by atoms with van der Waals surface area (Å²) in [6.07, 6.45) is 7.82. The van der Waals surface area contributed by atoms with Crippen molar-refractivity contribution >= 4 is 22.2 Å². The Bertz CT molecular complexity index is 1390. The van der Waals surface area contributed by atoms with Gasteiger partial charge >= 0.3 is 0 Å². The number of aliphatic hydroxyl groups is 1. The summed E-state index contributed by atoms with van der Waals surface area (Å²) in [5, 5.41) is 33.7. The standard InChI is InChI=1S/C26H28N6OS/c1-25-11-6-12-30(17-27)24(25)23-19(10-13-31-15-20(28-29-31)22-9-5-14-34-22)18-7-3-4-8-21(18)32(23)26(2,33)16-25/h3-5,7-9,14-15,24,33H,6,10-13,16H2,1-2H3/t24-,25+,26-/m1/s1. The predicted molar refractivity (Wildman–Crippen MR) is 132 cm³/mol. The minimum absolute atomic E-state index is 0.0497. The highest BCUT2D eigenvalue weighted by Gasteiger charge is 2.53. The average Bonchev–Trinajstić information content (AvgIpc) is 3.55. The first-order valence-corrected chi connectivity index (χ1v) is 12.7. The van der Waals surface area contributed by atoms with Crippen LogP contribution in [-0.2, 0) is 18.7 Å². The van der Waals surface area contributed by atoms with Gasteiger partial charge < -0.3 is 14.6 Å². The smallest absolute Gasteiger partial charge is 0.179 e. The highest BCUT2D eigenvalue weighted by molar-refractivity contribution is 7.13. The highest BCUT2D eigenvalue weighted by atomic mass is 32.1. The number of aryl methyl sites for hydroxylation is 2. The van der Waals surface area contributed by atoms with Crippen LogP contribution in [-0.4, -0.2) is 36.1 Å². The van der Waals surface area contributed by atoms with Crippen molar-refractivity contribution in [3.05, 3.63) is 59.2 Å². The van der Waals surface area contributed by atoms with Gasteiger partial charge in [0.1, 0.15) is 11.4 Å². The predicted octanol–water partition coefficient (Wildman–Crippen LogP) is 4.90. The van der Waals surface area contributed by atoms with Crippen LogP contribution < -0.4 is 0 Å². The Kier molecular flexibility index (Phi) is 4.84. The molecule has 0 spiro atoms. The fraction of sp³-hybridized carbons (Fsp3) is 0.423. The number of rotatable bonds is 4. The van der Waals surface area contributed by atoms with Crippen LogP contribution in [0.5, 0.6) is 0 Å². The average molecular weight is 473 g/mol. The zero-order valence-electron chi connectivity index (χ0n) is 19.5. The van der Waals surface area contributed by atoms with Gasteiger partial charge in [0.05, 0.1) is 22.6 Å². The van der Waals surface area contributed by atoms with E-state index in [1.165, 1.54) is 5.56 Å². The molecule has 0 amide bonds. The molecule has 0 saturated carbocycles. The zero-order valence-corrected chi connectivity index (χ0v) is 20.3. The largest absolute Gasteiger partial charge is 0.371 e. The van der Waals surface area contributed by atoms with E-state index in [0.29, 0.717) is 13.0 Å². The molecular formula is C26H28N6OS. The lowest BCUT2D eigenvalue weighted by molar-refractivity contribution is -0.113. The maximum absolute atomic E-state index is 11.7. The van der Waals surface area contributed by atoms with Crippen molar-refractivity contribution in [2.75, 3.05) is 6.54 Å². The molecule has 6 rings (SSSR count). The van der Waals surface area contributed by atoms with Crippen molar-refractivity contribution in [3.8, 4) is 16.8 Å². The molecule has 2 aliphatic heterocycles. The van der Waals surface area contributed by atoms with Crippen molar-refractivity contribution in [2.24, 2.45) is 5.41 Å². The van der Waals surface area contributed by atoms with Gasteiger partial charge in [0.2, 0.25) is 0 Å². The molecule has 0 bridgehead atoms. The molecule has 0 unspecified atom stereocenters. The summed E-state index contributed by atoms with van der Waals surface area (Å²) in [7, 11) is 0. The molecule has 4 aromatic rings. The Morgan fingerprint density at radius 1 is 1.24 bits per heavy atom. The molecule has 1 aromatic carbocycles. The normalized spacial score (nSPS) is 26.3. The summed E-state index contributed by atoms with van der Waals surface area (Å²) < 4.78 is 4.01. The van der Waals surface area contributed by atoms with Crippen LogP contribution in [0.2, 0.25) is 0 Å². The Hall–Kier alpha value is -3.15. The van der Waals surface area contributed by atoms with E-state index in [9.17, 15) is 10.4 Å². The lowest BCUT2D eigenvalue weighted by Crippen LogP contribution is -2.53. The van der Waals surface area contributed by atoms with E-state index in [-0.39, 0.29) is 11.5 Å². The van der Waals surface area contributed by atoms with E-state index in [1.807, 2.05) is 40.2 Å². The van der Waals surface area contributed by atoms with Gasteiger partial charge in [-0.1, -0.05) is 36.4 Å². The Labute approximate surface area is 202 Å². The van der Waals surface area contributed by atoms with E-state index >= 15 is 0 Å². The third-order valence-electron chi connectivity index (χ3n) is 7.65. The second-order valence-corrected chi connectivity index (χ2v) is 11.1. The molecule has 8 heteroatoms. The lowest BCUT2D eigenvalue weighted by Gasteiger charge is -2.54. The lowest BCUT2D eigenvalue weighted by atomic mass is 9.66. The van der Waals surface area contributed by atoms with E-state index < -0.39 is 5.72 Å². The maximum Gasteiger partial charge on any atom is 0.179 e. The number of hydrogen-bond acceptors (Lipinski definition) is 6. The zero-order chi connectivity index (χ0) is 23.5. The number of nitriles is 1. The van der Waals surface area contributed by atoms with Gasteiger partial charge in [-0.15, -0.1) is 16.4 Å². The van der Waals surface area contributed by atoms with Crippen LogP contribution in [0.1, 0.15) is 50.4 Å². The summed E-state index contributed by atoms with van der Waals surface area (Å²) in [6.45, 7) is 5.60. The van der Waals surface area contributed by atoms with E-state index in [4.69, 9.17) is 0 Å². The van der Waals surface area contributed by atoms with Gasteiger partial charge in [0.15, 0.2) is 6.19 Å². The quantitative estimate of drug-likeness (QED) is 0.427. The van der Waals surface area contributed by atoms with Gasteiger partial charge in [-0.3, -0.25) is 4.68 Å². The van der Waals surface area contributed by atoms with Crippen molar-refractivity contribution in [1.82, 2.24) is 24.5 Å². The minimum atomic E-state index is -1.02. The molecular weight excluding hydrogens is 444 g/mol. The van der Waals surface area contributed by atoms with Gasteiger partial charge in [0, 0.05) is 30.6 Å². The molecule has 1 N–H and O–H groups in total. The first-order valence-electron chi connectivity index (χ1n) is 11.9. The number of para-hydroxylation sites is 1. The fourth-order valence-corrected chi connectivity index (χ4v) is 7.15. The number of likely N-dealkylation sites (tertiary alicyclic amines) is 1. The molecule has 1 saturated heterocycles. The number of aromatic nitrogens is 4. The van der Waals surface area contributed by atoms with Crippen LogP contribution in [0.15, 0.2) is 48.0 Å². The number of hydrogen-bond donors (Lipinski definition) is 1. The van der Waals surface area contributed by atoms with Crippen molar-refractivity contribution in [2.45, 2.75) is 57.8 Å². The first-order chi connectivity index (χ1) is 16.4. The third kappa shape index (κ3) is 3.18. The highest BCUT2D eigenvalue weighted by Crippen LogP contribution is 2.57. The van der Waals surface area contributed by atoms with E-state index in [0.717, 1.165) is 53.0 Å². The van der Waals surface area contributed by atoms with E-state index in [2.05, 4.69) is 52.3 Å². The molecule has 1 fully saturated rings. The van der Waals surface area contributed by atoms with Gasteiger partial charge in [-0.05, 0) is 54.7 Å². The SMILES string of the molecule is C[C@@]12CCCN(C#N)[C@@H]1c1c(CCn3cc(-c4cccs4)nn3)c3ccccc3n1[C@](C)(O)C2. The Balaban J connectivity index is 1.47. The topological polar surface area (TPSA) is 82.9 Å². The molecule has 0 radical (unpaired) electrons. The van der Waals surface area contributed by atoms with E-state index in [1.54, 1.807) is 11.3 Å². The number of nitrogens with zero attached hydrogens (tertiary/aromatic N) is 6. The maximum atomic E-state index is 11.7. The van der Waals surface area contributed by atoms with Crippen LogP contribution in [0.3, 0.4) is 0 Å². The molecule has 7 nitrogen and oxygen atoms in total. The van der Waals surface area contributed by atoms with Crippen LogP contribution >= 0.6 is 11.3 Å². The number of fused-ring (bicyclic) bond motifs is 5. The molecule has 34 heavy (non-hydrogen) atoms. The molecule has 3 aromatic heterocycles. The molecule has 174 valence electrons. The first kappa shape index (κ1) is 21.4. The second kappa shape index (κ2) is 7.69. The van der Waals surface area contributed by atoms with Crippen LogP contribution in [0, 0.1) is 16.9 Å². The van der Waals surface area contributed by atoms with Crippen molar-refractivity contribution in [3.63, 3.8) is 0 Å². The fourth-order valence-electron chi connectivity index (χ4n) is 6.48. The number of benzene rings is 1. The summed E-state index contributed by atoms with van der Waals surface area (Å²) in [6, 6.07) is 12.3. The summed E-state index contributed by atoms with van der Waals surface area (Å²) in [5.41, 5.74) is 3.01. The number of piperidine rings is 1. The van der Waals surface area contributed by atoms with Gasteiger partial charge in [0.25, 0.3) is 0 Å². The molecule has 0 aliphatic carbocycles. The molecule has 2 aliphatic rings. The Morgan fingerprint density at radius 2 is 2.09 bits per heavy atom. The van der Waals surface area contributed by atoms with Crippen molar-refractivity contribution in [1.29, 1.82) is 5.26 Å². The summed E-state index contributed by atoms with van der Waals surface area (Å²) in [4.78, 5) is 3.05. The van der Waals surface area contributed by atoms with Crippen LogP contribution in [0.4, 0.5) is 0 Å². The van der Waals surface area contributed by atoms with Gasteiger partial charge in [-0.2, -0.15) is 5.26 Å². The van der Waals surface area contributed by atoms with Crippen LogP contribution in [0.25, 0.3) is 21.5 Å². The second-order valence-electron chi connectivity index (χ2n) is 10.2. The molecule has 3 atom stereocenters. The minimum Gasteiger partial charge on any atom is -0.371 e. The summed E-state index contributed by atoms with van der Waals surface area (Å²) >= 11 is 1.66. The van der Waals surface area contributed by atoms with Gasteiger partial charge in [-0.25, -0.2) is 0 Å². The Morgan fingerprint density at radius 3 is 2.88 bits per heavy atom. The number of thiophene rings is 1. The summed E-state index contributed by atoms with van der Waals surface area (Å²) in [5.74, 6) is 0.